The van der Waals surface area contributed by atoms with Crippen LogP contribution in [0.15, 0.2) is 60.7 Å². The van der Waals surface area contributed by atoms with Gasteiger partial charge in [0.1, 0.15) is 6.10 Å². The molecular weight excluding hydrogens is 482 g/mol. The van der Waals surface area contributed by atoms with Gasteiger partial charge in [0.25, 0.3) is 0 Å². The van der Waals surface area contributed by atoms with Crippen molar-refractivity contribution in [1.29, 1.82) is 0 Å². The van der Waals surface area contributed by atoms with Crippen molar-refractivity contribution in [2.24, 2.45) is 0 Å². The molecular formula is C21H12Co2O7. The molecule has 0 bridgehead atoms. The zero-order chi connectivity index (χ0) is 23.2. The fourth-order valence-electron chi connectivity index (χ4n) is 1.39. The van der Waals surface area contributed by atoms with Gasteiger partial charge in [0, 0.05) is 39.1 Å². The van der Waals surface area contributed by atoms with Gasteiger partial charge in [-0.2, -0.15) is 0 Å². The van der Waals surface area contributed by atoms with Gasteiger partial charge in [-0.05, 0) is 17.7 Å². The smallest absolute Gasteiger partial charge is 0 e. The predicted molar refractivity (Wildman–Crippen MR) is 88.3 cm³/mol. The first kappa shape index (κ1) is 45.9. The Balaban J connectivity index is -0.0000000657. The first-order valence-electron chi connectivity index (χ1n) is 6.38. The standard InChI is InChI=1S/C15H12O.6CO.2Co/c16-15(14-9-5-2-6-10-14)12-11-13-7-3-1-4-8-13;6*1-2;;/h1-10,15-16H;;;;;;;;. The zero-order valence-corrected chi connectivity index (χ0v) is 17.0. The average molecular weight is 494 g/mol. The third-order valence-corrected chi connectivity index (χ3v) is 2.24. The molecule has 0 saturated carbocycles. The topological polar surface area (TPSA) is 140 Å². The summed E-state index contributed by atoms with van der Waals surface area (Å²) in [6, 6.07) is 19.1. The molecule has 0 aliphatic heterocycles. The molecule has 0 aromatic heterocycles. The van der Waals surface area contributed by atoms with Crippen LogP contribution in [0.3, 0.4) is 0 Å². The second-order valence-electron chi connectivity index (χ2n) is 3.45. The van der Waals surface area contributed by atoms with E-state index in [2.05, 4.69) is 51.7 Å². The van der Waals surface area contributed by atoms with E-state index in [0.29, 0.717) is 0 Å². The average Bonchev–Trinajstić information content (AvgIpc) is 2.86. The summed E-state index contributed by atoms with van der Waals surface area (Å²) in [5.74, 6) is 5.76. The van der Waals surface area contributed by atoms with E-state index in [1.807, 2.05) is 60.7 Å². The van der Waals surface area contributed by atoms with Crippen LogP contribution in [0.2, 0.25) is 0 Å². The van der Waals surface area contributed by atoms with Crippen molar-refractivity contribution in [1.82, 2.24) is 0 Å². The van der Waals surface area contributed by atoms with E-state index < -0.39 is 6.10 Å². The maximum Gasteiger partial charge on any atom is 0 e. The number of hydrogen-bond acceptors (Lipinski definition) is 1. The summed E-state index contributed by atoms with van der Waals surface area (Å²) < 4.78 is 45.0. The normalized spacial score (nSPS) is 6.43. The van der Waals surface area contributed by atoms with Crippen molar-refractivity contribution in [3.63, 3.8) is 0 Å². The van der Waals surface area contributed by atoms with E-state index in [-0.39, 0.29) is 33.6 Å². The summed E-state index contributed by atoms with van der Waals surface area (Å²) in [6.07, 6.45) is -0.721. The van der Waals surface area contributed by atoms with Crippen LogP contribution in [0.4, 0.5) is 0 Å². The molecule has 1 N–H and O–H groups in total. The molecule has 0 spiro atoms. The summed E-state index contributed by atoms with van der Waals surface area (Å²) in [7, 11) is 0. The van der Waals surface area contributed by atoms with E-state index in [4.69, 9.17) is 27.9 Å². The summed E-state index contributed by atoms with van der Waals surface area (Å²) in [4.78, 5) is 0. The molecule has 7 nitrogen and oxygen atoms in total. The Labute approximate surface area is 196 Å². The molecule has 30 heavy (non-hydrogen) atoms. The van der Waals surface area contributed by atoms with Gasteiger partial charge in [-0.25, -0.2) is 0 Å². The summed E-state index contributed by atoms with van der Waals surface area (Å²) >= 11 is 0. The van der Waals surface area contributed by atoms with Crippen LogP contribution >= 0.6 is 0 Å². The van der Waals surface area contributed by atoms with Crippen molar-refractivity contribution in [2.45, 2.75) is 6.10 Å². The summed E-state index contributed by atoms with van der Waals surface area (Å²) in [5, 5.41) is 9.81. The second kappa shape index (κ2) is 50.3. The van der Waals surface area contributed by atoms with Crippen LogP contribution in [0, 0.1) is 51.7 Å². The van der Waals surface area contributed by atoms with E-state index in [1.54, 1.807) is 0 Å². The fraction of sp³-hybridized carbons (Fsp3) is 0.0476. The fourth-order valence-corrected chi connectivity index (χ4v) is 1.39. The number of aliphatic hydroxyl groups is 1. The molecule has 0 aliphatic rings. The third-order valence-electron chi connectivity index (χ3n) is 2.24. The Morgan fingerprint density at radius 1 is 0.567 bits per heavy atom. The van der Waals surface area contributed by atoms with Gasteiger partial charge in [0.15, 0.2) is 0 Å². The molecule has 0 amide bonds. The maximum atomic E-state index is 9.81. The predicted octanol–water partition coefficient (Wildman–Crippen LogP) is 2.54. The van der Waals surface area contributed by atoms with Crippen LogP contribution in [0.1, 0.15) is 17.2 Å². The first-order valence-corrected chi connectivity index (χ1v) is 6.38. The minimum atomic E-state index is -0.721. The van der Waals surface area contributed by atoms with Crippen LogP contribution in [-0.2, 0) is 61.5 Å². The molecule has 1 atom stereocenters. The molecule has 0 saturated heterocycles. The minimum Gasteiger partial charge on any atom is 0 e. The van der Waals surface area contributed by atoms with Gasteiger partial charge < -0.3 is 5.11 Å². The van der Waals surface area contributed by atoms with Crippen LogP contribution in [-0.4, -0.2) is 5.11 Å². The number of aliphatic hydroxyl groups excluding tert-OH is 1. The van der Waals surface area contributed by atoms with Crippen LogP contribution in [0.25, 0.3) is 0 Å². The Morgan fingerprint density at radius 3 is 1.20 bits per heavy atom. The van der Waals surface area contributed by atoms with Gasteiger partial charge in [0.05, 0.1) is 0 Å². The van der Waals surface area contributed by atoms with Crippen molar-refractivity contribution in [2.75, 3.05) is 0 Å². The maximum absolute atomic E-state index is 9.81. The van der Waals surface area contributed by atoms with E-state index >= 15 is 0 Å². The van der Waals surface area contributed by atoms with Crippen LogP contribution < -0.4 is 0 Å². The third kappa shape index (κ3) is 30.2. The molecule has 1 unspecified atom stereocenters. The van der Waals surface area contributed by atoms with Gasteiger partial charge in [-0.1, -0.05) is 60.4 Å². The summed E-state index contributed by atoms with van der Waals surface area (Å²) in [6.45, 7) is 27.0. The Bertz CT molecular complexity index is 707. The van der Waals surface area contributed by atoms with E-state index in [0.717, 1.165) is 11.1 Å². The SMILES string of the molecule is OC(C#Cc1ccccc1)c1ccccc1.[C-]#[O+].[C-]#[O+].[C-]#[O+].[C-]#[O+].[C-]#[O+].[C-]#[O+].[Co].[Co]. The van der Waals surface area contributed by atoms with Gasteiger partial charge >= 0.3 is 67.8 Å². The van der Waals surface area contributed by atoms with Crippen LogP contribution in [0.5, 0.6) is 0 Å². The molecule has 2 rings (SSSR count). The molecule has 0 heterocycles. The molecule has 0 fully saturated rings. The quantitative estimate of drug-likeness (QED) is 0.364. The monoisotopic (exact) mass is 494 g/mol. The van der Waals surface area contributed by atoms with Crippen molar-refractivity contribution < 1.29 is 66.6 Å². The first-order chi connectivity index (χ1) is 13.9. The van der Waals surface area contributed by atoms with Crippen molar-refractivity contribution >= 4 is 0 Å². The number of rotatable bonds is 1. The largest absolute Gasteiger partial charge is 0 e. The Hall–Kier alpha value is -2.59. The minimum absolute atomic E-state index is 0. The van der Waals surface area contributed by atoms with E-state index in [9.17, 15) is 5.11 Å². The number of hydrogen-bond donors (Lipinski definition) is 1. The Morgan fingerprint density at radius 2 is 0.867 bits per heavy atom. The van der Waals surface area contributed by atoms with Crippen molar-refractivity contribution in [3.05, 3.63) is 112 Å². The molecule has 156 valence electrons. The van der Waals surface area contributed by atoms with Gasteiger partial charge in [-0.3, -0.25) is 0 Å². The molecule has 0 aliphatic carbocycles. The molecule has 2 radical (unpaired) electrons. The second-order valence-corrected chi connectivity index (χ2v) is 3.45. The van der Waals surface area contributed by atoms with Gasteiger partial charge in [0.2, 0.25) is 0 Å². The van der Waals surface area contributed by atoms with Crippen molar-refractivity contribution in [3.8, 4) is 11.8 Å². The zero-order valence-electron chi connectivity index (χ0n) is 14.9. The molecule has 2 aromatic carbocycles. The van der Waals surface area contributed by atoms with Gasteiger partial charge in [-0.15, -0.1) is 0 Å². The Kier molecular flexibility index (Phi) is 77.0. The van der Waals surface area contributed by atoms with E-state index in [1.165, 1.54) is 0 Å². The molecule has 9 heteroatoms. The molecule has 2 aromatic rings. The number of benzene rings is 2. The summed E-state index contributed by atoms with van der Waals surface area (Å²) in [5.41, 5.74) is 1.74.